The summed E-state index contributed by atoms with van der Waals surface area (Å²) in [5, 5.41) is 6.20. The quantitative estimate of drug-likeness (QED) is 0.750. The van der Waals surface area contributed by atoms with Crippen LogP contribution in [0.15, 0.2) is 24.3 Å². The minimum Gasteiger partial charge on any atom is -0.497 e. The molecule has 1 atom stereocenters. The van der Waals surface area contributed by atoms with Crippen molar-refractivity contribution in [2.75, 3.05) is 40.0 Å². The van der Waals surface area contributed by atoms with E-state index in [0.29, 0.717) is 25.7 Å². The van der Waals surface area contributed by atoms with Crippen LogP contribution in [0, 0.1) is 5.92 Å². The molecule has 7 nitrogen and oxygen atoms in total. The number of rotatable bonds is 6. The second kappa shape index (κ2) is 9.59. The maximum Gasteiger partial charge on any atom is 0.244 e. The molecule has 2 saturated heterocycles. The molecule has 2 N–H and O–H groups in total. The van der Waals surface area contributed by atoms with Crippen LogP contribution in [0.5, 0.6) is 5.75 Å². The largest absolute Gasteiger partial charge is 0.497 e. The Balaban J connectivity index is 1.67. The van der Waals surface area contributed by atoms with E-state index in [1.54, 1.807) is 7.11 Å². The minimum atomic E-state index is -0.554. The number of hydrogen-bond acceptors (Lipinski definition) is 5. The summed E-state index contributed by atoms with van der Waals surface area (Å²) in [6.07, 6.45) is 1.84. The van der Waals surface area contributed by atoms with Gasteiger partial charge in [0.15, 0.2) is 0 Å². The van der Waals surface area contributed by atoms with Crippen molar-refractivity contribution in [3.05, 3.63) is 29.8 Å². The van der Waals surface area contributed by atoms with Crippen LogP contribution >= 0.6 is 0 Å². The first-order valence-electron chi connectivity index (χ1n) is 10.4. The van der Waals surface area contributed by atoms with E-state index >= 15 is 0 Å². The number of benzene rings is 1. The maximum absolute atomic E-state index is 13.0. The standard InChI is InChI=1S/C22H33N3O4/c1-16(2)13-25-14-19(21(27)24-22(15-25)8-10-29-11-9-22)23-20(26)12-17-4-6-18(28-3)7-5-17/h4-7,16,19H,8-15H2,1-3H3,(H,23,26)(H,24,27). The lowest BCUT2D eigenvalue weighted by Crippen LogP contribution is -2.57. The van der Waals surface area contributed by atoms with Crippen molar-refractivity contribution < 1.29 is 19.1 Å². The van der Waals surface area contributed by atoms with Crippen LogP contribution < -0.4 is 15.4 Å². The monoisotopic (exact) mass is 403 g/mol. The summed E-state index contributed by atoms with van der Waals surface area (Å²) in [7, 11) is 1.61. The van der Waals surface area contributed by atoms with Crippen molar-refractivity contribution in [3.8, 4) is 5.75 Å². The number of carbonyl (C=O) groups is 2. The highest BCUT2D eigenvalue weighted by Gasteiger charge is 2.41. The van der Waals surface area contributed by atoms with Gasteiger partial charge in [0.05, 0.1) is 19.1 Å². The van der Waals surface area contributed by atoms with Gasteiger partial charge in [-0.3, -0.25) is 14.5 Å². The first kappa shape index (κ1) is 21.6. The maximum atomic E-state index is 13.0. The van der Waals surface area contributed by atoms with Crippen molar-refractivity contribution in [1.29, 1.82) is 0 Å². The third kappa shape index (κ3) is 5.93. The number of carbonyl (C=O) groups excluding carboxylic acids is 2. The van der Waals surface area contributed by atoms with Crippen LogP contribution in [0.3, 0.4) is 0 Å². The molecule has 160 valence electrons. The fourth-order valence-corrected chi connectivity index (χ4v) is 4.21. The number of amides is 2. The molecule has 29 heavy (non-hydrogen) atoms. The first-order valence-corrected chi connectivity index (χ1v) is 10.4. The molecular weight excluding hydrogens is 370 g/mol. The van der Waals surface area contributed by atoms with Gasteiger partial charge >= 0.3 is 0 Å². The Kier molecular flexibility index (Phi) is 7.14. The van der Waals surface area contributed by atoms with Gasteiger partial charge in [0.2, 0.25) is 11.8 Å². The van der Waals surface area contributed by atoms with Crippen LogP contribution in [-0.4, -0.2) is 68.3 Å². The molecule has 0 saturated carbocycles. The molecule has 1 aromatic rings. The van der Waals surface area contributed by atoms with Gasteiger partial charge in [-0.15, -0.1) is 0 Å². The highest BCUT2D eigenvalue weighted by Crippen LogP contribution is 2.25. The van der Waals surface area contributed by atoms with Gasteiger partial charge in [-0.25, -0.2) is 0 Å². The minimum absolute atomic E-state index is 0.0961. The summed E-state index contributed by atoms with van der Waals surface area (Å²) in [6.45, 7) is 7.88. The fraction of sp³-hybridized carbons (Fsp3) is 0.636. The average molecular weight is 404 g/mol. The summed E-state index contributed by atoms with van der Waals surface area (Å²) < 4.78 is 10.7. The van der Waals surface area contributed by atoms with Crippen molar-refractivity contribution in [2.24, 2.45) is 5.92 Å². The van der Waals surface area contributed by atoms with Crippen LogP contribution in [0.2, 0.25) is 0 Å². The molecule has 1 spiro atoms. The molecular formula is C22H33N3O4. The molecule has 7 heteroatoms. The van der Waals surface area contributed by atoms with E-state index in [2.05, 4.69) is 29.4 Å². The Hall–Kier alpha value is -2.12. The first-order chi connectivity index (χ1) is 13.9. The Morgan fingerprint density at radius 3 is 2.62 bits per heavy atom. The smallest absolute Gasteiger partial charge is 0.244 e. The molecule has 0 aliphatic carbocycles. The van der Waals surface area contributed by atoms with E-state index in [0.717, 1.165) is 37.2 Å². The fourth-order valence-electron chi connectivity index (χ4n) is 4.21. The molecule has 1 aromatic carbocycles. The number of nitrogens with one attached hydrogen (secondary N) is 2. The lowest BCUT2D eigenvalue weighted by Gasteiger charge is -2.39. The number of hydrogen-bond donors (Lipinski definition) is 2. The zero-order valence-electron chi connectivity index (χ0n) is 17.7. The zero-order valence-corrected chi connectivity index (χ0v) is 17.7. The SMILES string of the molecule is COc1ccc(CC(=O)NC2CN(CC(C)C)CC3(CCOCC3)NC2=O)cc1. The number of methoxy groups -OCH3 is 1. The summed E-state index contributed by atoms with van der Waals surface area (Å²) >= 11 is 0. The summed E-state index contributed by atoms with van der Waals surface area (Å²) in [4.78, 5) is 27.9. The van der Waals surface area contributed by atoms with E-state index in [4.69, 9.17) is 9.47 Å². The summed E-state index contributed by atoms with van der Waals surface area (Å²) in [5.41, 5.74) is 0.622. The van der Waals surface area contributed by atoms with E-state index in [1.165, 1.54) is 0 Å². The van der Waals surface area contributed by atoms with E-state index in [-0.39, 0.29) is 23.8 Å². The predicted octanol–water partition coefficient (Wildman–Crippen LogP) is 1.36. The topological polar surface area (TPSA) is 79.9 Å². The Bertz CT molecular complexity index is 699. The van der Waals surface area contributed by atoms with Crippen LogP contribution in [-0.2, 0) is 20.7 Å². The van der Waals surface area contributed by atoms with Gasteiger partial charge in [-0.1, -0.05) is 26.0 Å². The third-order valence-corrected chi connectivity index (χ3v) is 5.60. The van der Waals surface area contributed by atoms with Crippen LogP contribution in [0.1, 0.15) is 32.3 Å². The highest BCUT2D eigenvalue weighted by atomic mass is 16.5. The normalized spacial score (nSPS) is 22.2. The lowest BCUT2D eigenvalue weighted by atomic mass is 9.89. The molecule has 2 heterocycles. The van der Waals surface area contributed by atoms with E-state index in [9.17, 15) is 9.59 Å². The van der Waals surface area contributed by atoms with Crippen LogP contribution in [0.4, 0.5) is 0 Å². The van der Waals surface area contributed by atoms with E-state index < -0.39 is 6.04 Å². The molecule has 3 rings (SSSR count). The molecule has 0 radical (unpaired) electrons. The van der Waals surface area contributed by atoms with E-state index in [1.807, 2.05) is 24.3 Å². The Labute approximate surface area is 173 Å². The van der Waals surface area contributed by atoms with Gasteiger partial charge < -0.3 is 20.1 Å². The van der Waals surface area contributed by atoms with Crippen molar-refractivity contribution in [1.82, 2.24) is 15.5 Å². The van der Waals surface area contributed by atoms with Gasteiger partial charge in [-0.05, 0) is 36.5 Å². The summed E-state index contributed by atoms with van der Waals surface area (Å²) in [5.74, 6) is 0.989. The Morgan fingerprint density at radius 2 is 2.00 bits per heavy atom. The molecule has 0 bridgehead atoms. The third-order valence-electron chi connectivity index (χ3n) is 5.60. The Morgan fingerprint density at radius 1 is 1.31 bits per heavy atom. The number of nitrogens with zero attached hydrogens (tertiary/aromatic N) is 1. The molecule has 2 amide bonds. The van der Waals surface area contributed by atoms with Gasteiger partial charge in [0, 0.05) is 32.8 Å². The van der Waals surface area contributed by atoms with Gasteiger partial charge in [0.1, 0.15) is 11.8 Å². The molecule has 0 aromatic heterocycles. The van der Waals surface area contributed by atoms with Gasteiger partial charge in [0.25, 0.3) is 0 Å². The summed E-state index contributed by atoms with van der Waals surface area (Å²) in [6, 6.07) is 6.85. The number of ether oxygens (including phenoxy) is 2. The van der Waals surface area contributed by atoms with Crippen LogP contribution in [0.25, 0.3) is 0 Å². The second-order valence-electron chi connectivity index (χ2n) is 8.61. The zero-order chi connectivity index (χ0) is 20.9. The van der Waals surface area contributed by atoms with Crippen molar-refractivity contribution in [2.45, 2.75) is 44.7 Å². The predicted molar refractivity (Wildman–Crippen MR) is 111 cm³/mol. The molecule has 2 aliphatic rings. The lowest BCUT2D eigenvalue weighted by molar-refractivity contribution is -0.129. The van der Waals surface area contributed by atoms with Gasteiger partial charge in [-0.2, -0.15) is 0 Å². The highest BCUT2D eigenvalue weighted by molar-refractivity contribution is 5.89. The molecule has 2 aliphatic heterocycles. The van der Waals surface area contributed by atoms with Crippen molar-refractivity contribution >= 4 is 11.8 Å². The molecule has 2 fully saturated rings. The second-order valence-corrected chi connectivity index (χ2v) is 8.61. The molecule has 1 unspecified atom stereocenters. The van der Waals surface area contributed by atoms with Crippen molar-refractivity contribution in [3.63, 3.8) is 0 Å². The average Bonchev–Trinajstić information content (AvgIpc) is 2.78.